The van der Waals surface area contributed by atoms with Crippen molar-refractivity contribution in [1.82, 2.24) is 10.4 Å². The van der Waals surface area contributed by atoms with E-state index in [1.165, 1.54) is 12.4 Å². The molecule has 5 heteroatoms. The normalized spacial score (nSPS) is 10.6. The number of hydrogen-bond acceptors (Lipinski definition) is 4. The Morgan fingerprint density at radius 2 is 2.11 bits per heavy atom. The maximum atomic E-state index is 11.7. The molecule has 0 saturated heterocycles. The minimum atomic E-state index is -0.348. The predicted octanol–water partition coefficient (Wildman–Crippen LogP) is 1.86. The van der Waals surface area contributed by atoms with Crippen LogP contribution in [0.3, 0.4) is 0 Å². The lowest BCUT2D eigenvalue weighted by molar-refractivity contribution is 0.0954. The number of hydrazone groups is 1. The summed E-state index contributed by atoms with van der Waals surface area (Å²) in [6, 6.07) is 10.1. The fraction of sp³-hybridized carbons (Fsp3) is 0.0714. The van der Waals surface area contributed by atoms with E-state index in [-0.39, 0.29) is 11.7 Å². The average Bonchev–Trinajstić information content (AvgIpc) is 2.41. The quantitative estimate of drug-likeness (QED) is 0.649. The fourth-order valence-electron chi connectivity index (χ4n) is 1.42. The first-order chi connectivity index (χ1) is 9.16. The lowest BCUT2D eigenvalue weighted by atomic mass is 10.2. The monoisotopic (exact) mass is 255 g/mol. The standard InChI is InChI=1S/C14H13N3O2/c1-10-6-7-12(8-15-10)14(19)17-16-9-11-4-2-3-5-13(11)18/h2-9,18H,1H3,(H,17,19)/b16-9+. The molecule has 1 aromatic carbocycles. The number of nitrogens with one attached hydrogen (secondary N) is 1. The summed E-state index contributed by atoms with van der Waals surface area (Å²) in [6.07, 6.45) is 2.87. The molecule has 1 amide bonds. The van der Waals surface area contributed by atoms with Crippen LogP contribution in [0, 0.1) is 6.92 Å². The number of phenolic OH excluding ortho intramolecular Hbond substituents is 1. The van der Waals surface area contributed by atoms with Crippen LogP contribution in [0.15, 0.2) is 47.7 Å². The van der Waals surface area contributed by atoms with Gasteiger partial charge in [-0.3, -0.25) is 9.78 Å². The van der Waals surface area contributed by atoms with E-state index in [9.17, 15) is 9.90 Å². The maximum absolute atomic E-state index is 11.7. The van der Waals surface area contributed by atoms with Crippen LogP contribution in [-0.2, 0) is 0 Å². The molecule has 2 aromatic rings. The Morgan fingerprint density at radius 3 is 2.79 bits per heavy atom. The van der Waals surface area contributed by atoms with Crippen LogP contribution < -0.4 is 5.43 Å². The highest BCUT2D eigenvalue weighted by Gasteiger charge is 2.03. The van der Waals surface area contributed by atoms with Gasteiger partial charge < -0.3 is 5.11 Å². The third-order valence-corrected chi connectivity index (χ3v) is 2.48. The highest BCUT2D eigenvalue weighted by atomic mass is 16.3. The molecule has 0 spiro atoms. The number of nitrogens with zero attached hydrogens (tertiary/aromatic N) is 2. The number of amides is 1. The second-order valence-electron chi connectivity index (χ2n) is 3.95. The Morgan fingerprint density at radius 1 is 1.32 bits per heavy atom. The summed E-state index contributed by atoms with van der Waals surface area (Å²) in [4.78, 5) is 15.7. The Kier molecular flexibility index (Phi) is 3.87. The fourth-order valence-corrected chi connectivity index (χ4v) is 1.42. The van der Waals surface area contributed by atoms with Crippen molar-refractivity contribution in [2.45, 2.75) is 6.92 Å². The van der Waals surface area contributed by atoms with Crippen LogP contribution in [0.2, 0.25) is 0 Å². The zero-order chi connectivity index (χ0) is 13.7. The molecule has 0 unspecified atom stereocenters. The van der Waals surface area contributed by atoms with Crippen molar-refractivity contribution in [2.75, 3.05) is 0 Å². The topological polar surface area (TPSA) is 74.6 Å². The van der Waals surface area contributed by atoms with E-state index < -0.39 is 0 Å². The first-order valence-corrected chi connectivity index (χ1v) is 5.71. The highest BCUT2D eigenvalue weighted by Crippen LogP contribution is 2.12. The molecular weight excluding hydrogens is 242 g/mol. The molecule has 0 fully saturated rings. The second-order valence-corrected chi connectivity index (χ2v) is 3.95. The zero-order valence-corrected chi connectivity index (χ0v) is 10.4. The summed E-state index contributed by atoms with van der Waals surface area (Å²) < 4.78 is 0. The maximum Gasteiger partial charge on any atom is 0.272 e. The van der Waals surface area contributed by atoms with Crippen molar-refractivity contribution in [3.63, 3.8) is 0 Å². The number of phenols is 1. The van der Waals surface area contributed by atoms with Crippen molar-refractivity contribution in [3.8, 4) is 5.75 Å². The summed E-state index contributed by atoms with van der Waals surface area (Å²) in [6.45, 7) is 1.85. The van der Waals surface area contributed by atoms with E-state index in [1.807, 2.05) is 6.92 Å². The Balaban J connectivity index is 2.01. The Hall–Kier alpha value is -2.69. The number of para-hydroxylation sites is 1. The number of pyridine rings is 1. The van der Waals surface area contributed by atoms with E-state index in [0.717, 1.165) is 5.69 Å². The molecule has 1 aromatic heterocycles. The van der Waals surface area contributed by atoms with Crippen molar-refractivity contribution < 1.29 is 9.90 Å². The van der Waals surface area contributed by atoms with Crippen LogP contribution in [0.25, 0.3) is 0 Å². The summed E-state index contributed by atoms with van der Waals surface area (Å²) in [7, 11) is 0. The minimum absolute atomic E-state index is 0.109. The van der Waals surface area contributed by atoms with Crippen molar-refractivity contribution in [2.24, 2.45) is 5.10 Å². The average molecular weight is 255 g/mol. The van der Waals surface area contributed by atoms with Gasteiger partial charge >= 0.3 is 0 Å². The van der Waals surface area contributed by atoms with Crippen molar-refractivity contribution in [1.29, 1.82) is 0 Å². The molecule has 0 aliphatic heterocycles. The number of aromatic hydroxyl groups is 1. The first kappa shape index (κ1) is 12.8. The Bertz CT molecular complexity index is 606. The number of benzene rings is 1. The van der Waals surface area contributed by atoms with Gasteiger partial charge in [-0.15, -0.1) is 0 Å². The van der Waals surface area contributed by atoms with Gasteiger partial charge in [0.05, 0.1) is 11.8 Å². The molecule has 0 atom stereocenters. The van der Waals surface area contributed by atoms with Crippen molar-refractivity contribution in [3.05, 3.63) is 59.4 Å². The van der Waals surface area contributed by atoms with Gasteiger partial charge in [0.1, 0.15) is 5.75 Å². The lowest BCUT2D eigenvalue weighted by Crippen LogP contribution is -2.17. The molecule has 0 radical (unpaired) electrons. The SMILES string of the molecule is Cc1ccc(C(=O)N/N=C/c2ccccc2O)cn1. The smallest absolute Gasteiger partial charge is 0.272 e. The number of hydrogen-bond donors (Lipinski definition) is 2. The molecule has 96 valence electrons. The Labute approximate surface area is 110 Å². The molecule has 0 aliphatic rings. The number of carbonyl (C=O) groups excluding carboxylic acids is 1. The van der Waals surface area contributed by atoms with Gasteiger partial charge in [-0.05, 0) is 31.2 Å². The van der Waals surface area contributed by atoms with Crippen molar-refractivity contribution >= 4 is 12.1 Å². The van der Waals surface area contributed by atoms with E-state index in [0.29, 0.717) is 11.1 Å². The van der Waals surface area contributed by atoms with E-state index in [2.05, 4.69) is 15.5 Å². The van der Waals surface area contributed by atoms with Crippen LogP contribution in [-0.4, -0.2) is 22.2 Å². The van der Waals surface area contributed by atoms with Gasteiger partial charge in [0, 0.05) is 17.5 Å². The second kappa shape index (κ2) is 5.77. The van der Waals surface area contributed by atoms with Gasteiger partial charge in [0.15, 0.2) is 0 Å². The number of rotatable bonds is 3. The first-order valence-electron chi connectivity index (χ1n) is 5.71. The molecule has 0 aliphatic carbocycles. The third-order valence-electron chi connectivity index (χ3n) is 2.48. The summed E-state index contributed by atoms with van der Waals surface area (Å²) >= 11 is 0. The molecule has 2 N–H and O–H groups in total. The zero-order valence-electron chi connectivity index (χ0n) is 10.4. The van der Waals surface area contributed by atoms with Crippen LogP contribution >= 0.6 is 0 Å². The largest absolute Gasteiger partial charge is 0.507 e. The van der Waals surface area contributed by atoms with E-state index in [1.54, 1.807) is 36.4 Å². The number of carbonyl (C=O) groups is 1. The van der Waals surface area contributed by atoms with Crippen LogP contribution in [0.1, 0.15) is 21.6 Å². The molecule has 5 nitrogen and oxygen atoms in total. The highest BCUT2D eigenvalue weighted by molar-refractivity contribution is 5.94. The molecular formula is C14H13N3O2. The van der Waals surface area contributed by atoms with Gasteiger partial charge in [-0.1, -0.05) is 12.1 Å². The summed E-state index contributed by atoms with van der Waals surface area (Å²) in [5.41, 5.74) is 4.18. The van der Waals surface area contributed by atoms with E-state index >= 15 is 0 Å². The number of aromatic nitrogens is 1. The van der Waals surface area contributed by atoms with Crippen LogP contribution in [0.4, 0.5) is 0 Å². The van der Waals surface area contributed by atoms with Gasteiger partial charge in [0.2, 0.25) is 0 Å². The third kappa shape index (κ3) is 3.38. The van der Waals surface area contributed by atoms with E-state index in [4.69, 9.17) is 0 Å². The number of aryl methyl sites for hydroxylation is 1. The van der Waals surface area contributed by atoms with Crippen LogP contribution in [0.5, 0.6) is 5.75 Å². The van der Waals surface area contributed by atoms with Gasteiger partial charge in [0.25, 0.3) is 5.91 Å². The minimum Gasteiger partial charge on any atom is -0.507 e. The molecule has 19 heavy (non-hydrogen) atoms. The van der Waals surface area contributed by atoms with Gasteiger partial charge in [-0.25, -0.2) is 5.43 Å². The summed E-state index contributed by atoms with van der Waals surface area (Å²) in [5.74, 6) is -0.239. The predicted molar refractivity (Wildman–Crippen MR) is 72.1 cm³/mol. The summed E-state index contributed by atoms with van der Waals surface area (Å²) in [5, 5.41) is 13.3. The molecule has 2 rings (SSSR count). The molecule has 1 heterocycles. The van der Waals surface area contributed by atoms with Gasteiger partial charge in [-0.2, -0.15) is 5.10 Å². The molecule has 0 saturated carbocycles. The molecule has 0 bridgehead atoms. The lowest BCUT2D eigenvalue weighted by Gasteiger charge is -2.00.